The van der Waals surface area contributed by atoms with Crippen LogP contribution in [0.25, 0.3) is 0 Å². The molecular weight excluding hydrogens is 282 g/mol. The maximum Gasteiger partial charge on any atom is 0.251 e. The van der Waals surface area contributed by atoms with Gasteiger partial charge in [0.2, 0.25) is 0 Å². The molecule has 2 N–H and O–H groups in total. The quantitative estimate of drug-likeness (QED) is 0.821. The minimum atomic E-state index is -0.262. The Morgan fingerprint density at radius 3 is 2.59 bits per heavy atom. The van der Waals surface area contributed by atoms with Crippen molar-refractivity contribution in [2.75, 3.05) is 20.3 Å². The first-order valence-electron chi connectivity index (χ1n) is 6.98. The standard InChI is InChI=1S/C17H19NO4/c1-21-16-11-14(17(20)18-9-10-19)7-8-15(16)22-12-13-5-3-2-4-6-13/h2-8,11,19H,9-10,12H2,1H3,(H,18,20). The molecule has 0 aliphatic carbocycles. The second-order valence-corrected chi connectivity index (χ2v) is 4.62. The van der Waals surface area contributed by atoms with E-state index in [1.165, 1.54) is 7.11 Å². The molecule has 0 unspecified atom stereocenters. The molecule has 1 amide bonds. The number of hydrogen-bond acceptors (Lipinski definition) is 4. The summed E-state index contributed by atoms with van der Waals surface area (Å²) in [6.45, 7) is 0.543. The molecule has 116 valence electrons. The van der Waals surface area contributed by atoms with Gasteiger partial charge in [-0.1, -0.05) is 30.3 Å². The summed E-state index contributed by atoms with van der Waals surface area (Å²) in [6, 6.07) is 14.8. The summed E-state index contributed by atoms with van der Waals surface area (Å²) in [4.78, 5) is 11.8. The lowest BCUT2D eigenvalue weighted by molar-refractivity contribution is 0.0944. The molecule has 0 aliphatic rings. The lowest BCUT2D eigenvalue weighted by atomic mass is 10.2. The zero-order valence-electron chi connectivity index (χ0n) is 12.4. The van der Waals surface area contributed by atoms with Gasteiger partial charge in [0.1, 0.15) is 6.61 Å². The molecule has 2 rings (SSSR count). The van der Waals surface area contributed by atoms with Gasteiger partial charge in [-0.05, 0) is 23.8 Å². The van der Waals surface area contributed by atoms with Gasteiger partial charge in [0.15, 0.2) is 11.5 Å². The first-order chi connectivity index (χ1) is 10.7. The predicted molar refractivity (Wildman–Crippen MR) is 83.2 cm³/mol. The number of carbonyl (C=O) groups excluding carboxylic acids is 1. The second kappa shape index (κ2) is 8.05. The average molecular weight is 301 g/mol. The highest BCUT2D eigenvalue weighted by atomic mass is 16.5. The van der Waals surface area contributed by atoms with Crippen LogP contribution in [-0.4, -0.2) is 31.3 Å². The van der Waals surface area contributed by atoms with E-state index in [-0.39, 0.29) is 19.1 Å². The largest absolute Gasteiger partial charge is 0.493 e. The fraction of sp³-hybridized carbons (Fsp3) is 0.235. The molecule has 0 saturated heterocycles. The average Bonchev–Trinajstić information content (AvgIpc) is 2.58. The summed E-state index contributed by atoms with van der Waals surface area (Å²) in [5, 5.41) is 11.3. The van der Waals surface area contributed by atoms with Crippen LogP contribution in [0.15, 0.2) is 48.5 Å². The molecule has 5 heteroatoms. The van der Waals surface area contributed by atoms with Crippen molar-refractivity contribution in [3.63, 3.8) is 0 Å². The van der Waals surface area contributed by atoms with Crippen molar-refractivity contribution in [1.82, 2.24) is 5.32 Å². The summed E-state index contributed by atoms with van der Waals surface area (Å²) in [5.41, 5.74) is 1.51. The second-order valence-electron chi connectivity index (χ2n) is 4.62. The number of rotatable bonds is 7. The number of methoxy groups -OCH3 is 1. The molecule has 0 fully saturated rings. The van der Waals surface area contributed by atoms with Gasteiger partial charge in [0.25, 0.3) is 5.91 Å². The topological polar surface area (TPSA) is 67.8 Å². The van der Waals surface area contributed by atoms with Gasteiger partial charge in [0.05, 0.1) is 13.7 Å². The zero-order valence-corrected chi connectivity index (χ0v) is 12.4. The summed E-state index contributed by atoms with van der Waals surface area (Å²) in [6.07, 6.45) is 0. The minimum absolute atomic E-state index is 0.0961. The molecule has 0 aromatic heterocycles. The van der Waals surface area contributed by atoms with Crippen LogP contribution in [0.4, 0.5) is 0 Å². The van der Waals surface area contributed by atoms with E-state index in [1.807, 2.05) is 30.3 Å². The Labute approximate surface area is 129 Å². The highest BCUT2D eigenvalue weighted by Crippen LogP contribution is 2.28. The summed E-state index contributed by atoms with van der Waals surface area (Å²) >= 11 is 0. The van der Waals surface area contributed by atoms with Crippen molar-refractivity contribution in [3.05, 3.63) is 59.7 Å². The van der Waals surface area contributed by atoms with Gasteiger partial charge in [0, 0.05) is 12.1 Å². The van der Waals surface area contributed by atoms with Crippen molar-refractivity contribution >= 4 is 5.91 Å². The van der Waals surface area contributed by atoms with E-state index in [0.29, 0.717) is 23.7 Å². The first-order valence-corrected chi connectivity index (χ1v) is 6.98. The smallest absolute Gasteiger partial charge is 0.251 e. The third-order valence-electron chi connectivity index (χ3n) is 3.06. The number of ether oxygens (including phenoxy) is 2. The van der Waals surface area contributed by atoms with Gasteiger partial charge in [-0.2, -0.15) is 0 Å². The molecule has 0 saturated carbocycles. The Morgan fingerprint density at radius 1 is 1.14 bits per heavy atom. The van der Waals surface area contributed by atoms with E-state index >= 15 is 0 Å². The number of aliphatic hydroxyl groups is 1. The van der Waals surface area contributed by atoms with Crippen LogP contribution >= 0.6 is 0 Å². The van der Waals surface area contributed by atoms with E-state index in [1.54, 1.807) is 18.2 Å². The third-order valence-corrected chi connectivity index (χ3v) is 3.06. The molecule has 0 spiro atoms. The van der Waals surface area contributed by atoms with Crippen LogP contribution in [0.3, 0.4) is 0 Å². The number of hydrogen-bond donors (Lipinski definition) is 2. The lowest BCUT2D eigenvalue weighted by Gasteiger charge is -2.12. The van der Waals surface area contributed by atoms with Crippen molar-refractivity contribution in [1.29, 1.82) is 0 Å². The fourth-order valence-electron chi connectivity index (χ4n) is 1.93. The number of aliphatic hydroxyl groups excluding tert-OH is 1. The van der Waals surface area contributed by atoms with Crippen LogP contribution in [-0.2, 0) is 6.61 Å². The Hall–Kier alpha value is -2.53. The Kier molecular flexibility index (Phi) is 5.80. The first kappa shape index (κ1) is 15.9. The molecule has 0 bridgehead atoms. The van der Waals surface area contributed by atoms with Crippen LogP contribution < -0.4 is 14.8 Å². The number of carbonyl (C=O) groups is 1. The molecule has 2 aromatic rings. The monoisotopic (exact) mass is 301 g/mol. The molecule has 0 heterocycles. The van der Waals surface area contributed by atoms with Gasteiger partial charge in [-0.15, -0.1) is 0 Å². The molecule has 22 heavy (non-hydrogen) atoms. The van der Waals surface area contributed by atoms with Crippen molar-refractivity contribution in [2.45, 2.75) is 6.61 Å². The maximum atomic E-state index is 11.8. The molecule has 2 aromatic carbocycles. The van der Waals surface area contributed by atoms with Gasteiger partial charge in [-0.25, -0.2) is 0 Å². The highest BCUT2D eigenvalue weighted by Gasteiger charge is 2.11. The van der Waals surface area contributed by atoms with Gasteiger partial charge < -0.3 is 19.9 Å². The van der Waals surface area contributed by atoms with E-state index in [9.17, 15) is 4.79 Å². The maximum absolute atomic E-state index is 11.8. The van der Waals surface area contributed by atoms with Crippen LogP contribution in [0.5, 0.6) is 11.5 Å². The number of benzene rings is 2. The summed E-state index contributed by atoms with van der Waals surface area (Å²) < 4.78 is 11.0. The molecular formula is C17H19NO4. The normalized spacial score (nSPS) is 10.1. The van der Waals surface area contributed by atoms with Gasteiger partial charge >= 0.3 is 0 Å². The predicted octanol–water partition coefficient (Wildman–Crippen LogP) is 2.00. The van der Waals surface area contributed by atoms with Crippen molar-refractivity contribution in [3.8, 4) is 11.5 Å². The van der Waals surface area contributed by atoms with Gasteiger partial charge in [-0.3, -0.25) is 4.79 Å². The molecule has 0 aliphatic heterocycles. The summed E-state index contributed by atoms with van der Waals surface area (Å²) in [5.74, 6) is 0.805. The zero-order chi connectivity index (χ0) is 15.8. The van der Waals surface area contributed by atoms with Crippen molar-refractivity contribution in [2.24, 2.45) is 0 Å². The Balaban J connectivity index is 2.07. The van der Waals surface area contributed by atoms with Crippen molar-refractivity contribution < 1.29 is 19.4 Å². The van der Waals surface area contributed by atoms with E-state index in [4.69, 9.17) is 14.6 Å². The number of nitrogens with one attached hydrogen (secondary N) is 1. The minimum Gasteiger partial charge on any atom is -0.493 e. The van der Waals surface area contributed by atoms with E-state index < -0.39 is 0 Å². The third kappa shape index (κ3) is 4.23. The van der Waals surface area contributed by atoms with E-state index in [2.05, 4.69) is 5.32 Å². The lowest BCUT2D eigenvalue weighted by Crippen LogP contribution is -2.26. The molecule has 0 radical (unpaired) electrons. The van der Waals surface area contributed by atoms with Crippen LogP contribution in [0.2, 0.25) is 0 Å². The molecule has 0 atom stereocenters. The number of amides is 1. The summed E-state index contributed by atoms with van der Waals surface area (Å²) in [7, 11) is 1.53. The fourth-order valence-corrected chi connectivity index (χ4v) is 1.93. The molecule has 5 nitrogen and oxygen atoms in total. The SMILES string of the molecule is COc1cc(C(=O)NCCO)ccc1OCc1ccccc1. The highest BCUT2D eigenvalue weighted by molar-refractivity contribution is 5.94. The van der Waals surface area contributed by atoms with Crippen LogP contribution in [0.1, 0.15) is 15.9 Å². The van der Waals surface area contributed by atoms with E-state index in [0.717, 1.165) is 5.56 Å². The Morgan fingerprint density at radius 2 is 1.91 bits per heavy atom. The Bertz CT molecular complexity index is 613. The van der Waals surface area contributed by atoms with Crippen LogP contribution in [0, 0.1) is 0 Å².